The van der Waals surface area contributed by atoms with Gasteiger partial charge in [0.2, 0.25) is 0 Å². The number of nitrogens with one attached hydrogen (secondary N) is 1. The molecule has 0 aromatic carbocycles. The van der Waals surface area contributed by atoms with Crippen molar-refractivity contribution in [3.05, 3.63) is 34.7 Å². The third-order valence-corrected chi connectivity index (χ3v) is 2.40. The Hall–Kier alpha value is -1.36. The lowest BCUT2D eigenvalue weighted by Crippen LogP contribution is -2.19. The van der Waals surface area contributed by atoms with E-state index in [2.05, 4.69) is 26.2 Å². The molecule has 0 spiro atoms. The highest BCUT2D eigenvalue weighted by molar-refractivity contribution is 9.10. The molecule has 0 aliphatic heterocycles. The number of amides is 1. The van der Waals surface area contributed by atoms with E-state index in [0.717, 1.165) is 10.1 Å². The monoisotopic (exact) mass is 253 g/mol. The lowest BCUT2D eigenvalue weighted by Gasteiger charge is -2.00. The fourth-order valence-corrected chi connectivity index (χ4v) is 1.59. The lowest BCUT2D eigenvalue weighted by molar-refractivity contribution is 0.0957. The van der Waals surface area contributed by atoms with Crippen molar-refractivity contribution < 1.29 is 4.79 Å². The van der Waals surface area contributed by atoms with Crippen LogP contribution in [0.2, 0.25) is 0 Å². The van der Waals surface area contributed by atoms with E-state index in [0.29, 0.717) is 5.69 Å². The molecule has 0 aliphatic rings. The highest BCUT2D eigenvalue weighted by Crippen LogP contribution is 2.13. The van der Waals surface area contributed by atoms with Gasteiger partial charge in [0.25, 0.3) is 5.91 Å². The summed E-state index contributed by atoms with van der Waals surface area (Å²) in [4.78, 5) is 15.5. The molecule has 1 amide bonds. The van der Waals surface area contributed by atoms with Crippen LogP contribution in [0.5, 0.6) is 0 Å². The van der Waals surface area contributed by atoms with Gasteiger partial charge in [0.05, 0.1) is 6.20 Å². The number of hydrogen-bond acceptors (Lipinski definition) is 2. The molecular weight excluding hydrogens is 246 g/mol. The maximum absolute atomic E-state index is 11.4. The van der Waals surface area contributed by atoms with Crippen molar-refractivity contribution in [2.75, 3.05) is 7.05 Å². The molecule has 2 aromatic heterocycles. The molecule has 0 saturated carbocycles. The Morgan fingerprint density at radius 1 is 1.57 bits per heavy atom. The summed E-state index contributed by atoms with van der Waals surface area (Å²) in [6.45, 7) is 0. The van der Waals surface area contributed by atoms with E-state index in [9.17, 15) is 4.79 Å². The van der Waals surface area contributed by atoms with E-state index in [1.165, 1.54) is 0 Å². The zero-order valence-electron chi connectivity index (χ0n) is 7.49. The van der Waals surface area contributed by atoms with Crippen molar-refractivity contribution in [2.24, 2.45) is 0 Å². The van der Waals surface area contributed by atoms with Crippen molar-refractivity contribution in [3.8, 4) is 0 Å². The van der Waals surface area contributed by atoms with Crippen LogP contribution in [0, 0.1) is 0 Å². The van der Waals surface area contributed by atoms with Gasteiger partial charge in [-0.1, -0.05) is 0 Å². The van der Waals surface area contributed by atoms with E-state index in [1.54, 1.807) is 17.6 Å². The second kappa shape index (κ2) is 3.42. The van der Waals surface area contributed by atoms with Gasteiger partial charge in [-0.3, -0.25) is 9.20 Å². The van der Waals surface area contributed by atoms with Crippen LogP contribution in [-0.2, 0) is 0 Å². The number of carbonyl (C=O) groups excluding carboxylic acids is 1. The van der Waals surface area contributed by atoms with Crippen LogP contribution in [0.1, 0.15) is 10.5 Å². The second-order valence-electron chi connectivity index (χ2n) is 2.80. The predicted molar refractivity (Wildman–Crippen MR) is 56.3 cm³/mol. The summed E-state index contributed by atoms with van der Waals surface area (Å²) in [7, 11) is 1.60. The van der Waals surface area contributed by atoms with Gasteiger partial charge < -0.3 is 5.32 Å². The molecule has 0 atom stereocenters. The smallest absolute Gasteiger partial charge is 0.269 e. The summed E-state index contributed by atoms with van der Waals surface area (Å²) in [5, 5.41) is 2.56. The van der Waals surface area contributed by atoms with E-state index in [4.69, 9.17) is 0 Å². The van der Waals surface area contributed by atoms with Crippen LogP contribution in [0.3, 0.4) is 0 Å². The third kappa shape index (κ3) is 1.39. The largest absolute Gasteiger partial charge is 0.354 e. The summed E-state index contributed by atoms with van der Waals surface area (Å²) in [6, 6.07) is 3.73. The molecule has 4 nitrogen and oxygen atoms in total. The maximum Gasteiger partial charge on any atom is 0.269 e. The van der Waals surface area contributed by atoms with E-state index < -0.39 is 0 Å². The van der Waals surface area contributed by atoms with E-state index >= 15 is 0 Å². The molecule has 2 rings (SSSR count). The highest BCUT2D eigenvalue weighted by atomic mass is 79.9. The number of pyridine rings is 1. The summed E-state index contributed by atoms with van der Waals surface area (Å²) < 4.78 is 2.65. The molecule has 2 heterocycles. The first-order valence-electron chi connectivity index (χ1n) is 4.07. The fraction of sp³-hybridized carbons (Fsp3) is 0.111. The molecule has 1 N–H and O–H groups in total. The van der Waals surface area contributed by atoms with Crippen LogP contribution in [-0.4, -0.2) is 22.3 Å². The van der Waals surface area contributed by atoms with Crippen LogP contribution < -0.4 is 5.32 Å². The number of aromatic nitrogens is 2. The Morgan fingerprint density at radius 3 is 3.07 bits per heavy atom. The standard InChI is InChI=1S/C9H8BrN3O/c1-11-9(14)7-4-12-8-3-2-6(10)5-13(7)8/h2-5H,1H3,(H,11,14). The van der Waals surface area contributed by atoms with Gasteiger partial charge in [-0.25, -0.2) is 4.98 Å². The van der Waals surface area contributed by atoms with Crippen molar-refractivity contribution >= 4 is 27.5 Å². The Labute approximate surface area is 89.1 Å². The van der Waals surface area contributed by atoms with Gasteiger partial charge in [0, 0.05) is 17.7 Å². The minimum absolute atomic E-state index is 0.143. The predicted octanol–water partition coefficient (Wildman–Crippen LogP) is 1.46. The Morgan fingerprint density at radius 2 is 2.36 bits per heavy atom. The van der Waals surface area contributed by atoms with Crippen LogP contribution in [0.4, 0.5) is 0 Å². The van der Waals surface area contributed by atoms with Crippen molar-refractivity contribution in [1.82, 2.24) is 14.7 Å². The summed E-state index contributed by atoms with van der Waals surface area (Å²) in [6.07, 6.45) is 3.37. The van der Waals surface area contributed by atoms with Crippen LogP contribution in [0.25, 0.3) is 5.65 Å². The van der Waals surface area contributed by atoms with Crippen LogP contribution in [0.15, 0.2) is 29.0 Å². The Bertz CT molecular complexity index is 492. The molecular formula is C9H8BrN3O. The minimum Gasteiger partial charge on any atom is -0.354 e. The molecule has 0 unspecified atom stereocenters. The molecule has 2 aromatic rings. The molecule has 5 heteroatoms. The number of halogens is 1. The first-order valence-corrected chi connectivity index (χ1v) is 4.86. The van der Waals surface area contributed by atoms with Gasteiger partial charge in [0.15, 0.2) is 0 Å². The van der Waals surface area contributed by atoms with Gasteiger partial charge in [-0.2, -0.15) is 0 Å². The van der Waals surface area contributed by atoms with E-state index in [1.807, 2.05) is 18.3 Å². The summed E-state index contributed by atoms with van der Waals surface area (Å²) >= 11 is 3.34. The molecule has 72 valence electrons. The van der Waals surface area contributed by atoms with Crippen molar-refractivity contribution in [2.45, 2.75) is 0 Å². The van der Waals surface area contributed by atoms with Gasteiger partial charge in [-0.15, -0.1) is 0 Å². The zero-order valence-corrected chi connectivity index (χ0v) is 9.08. The Kier molecular flexibility index (Phi) is 2.25. The number of hydrogen-bond donors (Lipinski definition) is 1. The number of fused-ring (bicyclic) bond motifs is 1. The first kappa shape index (κ1) is 9.21. The molecule has 0 saturated heterocycles. The number of imidazole rings is 1. The summed E-state index contributed by atoms with van der Waals surface area (Å²) in [5.74, 6) is -0.143. The average molecular weight is 254 g/mol. The average Bonchev–Trinajstić information content (AvgIpc) is 2.59. The quantitative estimate of drug-likeness (QED) is 0.837. The van der Waals surface area contributed by atoms with Crippen LogP contribution >= 0.6 is 15.9 Å². The minimum atomic E-state index is -0.143. The number of carbonyl (C=O) groups is 1. The van der Waals surface area contributed by atoms with Gasteiger partial charge >= 0.3 is 0 Å². The number of rotatable bonds is 1. The maximum atomic E-state index is 11.4. The Balaban J connectivity index is 2.67. The van der Waals surface area contributed by atoms with Gasteiger partial charge in [0.1, 0.15) is 11.3 Å². The SMILES string of the molecule is CNC(=O)c1cnc2ccc(Br)cn12. The first-order chi connectivity index (χ1) is 6.72. The normalized spacial score (nSPS) is 10.4. The fourth-order valence-electron chi connectivity index (χ4n) is 1.25. The van der Waals surface area contributed by atoms with Crippen molar-refractivity contribution in [3.63, 3.8) is 0 Å². The van der Waals surface area contributed by atoms with E-state index in [-0.39, 0.29) is 5.91 Å². The topological polar surface area (TPSA) is 46.4 Å². The lowest BCUT2D eigenvalue weighted by atomic mass is 10.4. The molecule has 0 fully saturated rings. The van der Waals surface area contributed by atoms with Gasteiger partial charge in [-0.05, 0) is 28.1 Å². The molecule has 0 aliphatic carbocycles. The summed E-state index contributed by atoms with van der Waals surface area (Å²) in [5.41, 5.74) is 1.29. The number of nitrogens with zero attached hydrogens (tertiary/aromatic N) is 2. The molecule has 0 bridgehead atoms. The molecule has 0 radical (unpaired) electrons. The third-order valence-electron chi connectivity index (χ3n) is 1.93. The second-order valence-corrected chi connectivity index (χ2v) is 3.71. The molecule has 14 heavy (non-hydrogen) atoms. The zero-order chi connectivity index (χ0) is 10.1. The van der Waals surface area contributed by atoms with Crippen molar-refractivity contribution in [1.29, 1.82) is 0 Å². The highest BCUT2D eigenvalue weighted by Gasteiger charge is 2.09.